The van der Waals surface area contributed by atoms with Crippen LogP contribution in [0.4, 0.5) is 5.69 Å². The van der Waals surface area contributed by atoms with Crippen molar-refractivity contribution >= 4 is 34.5 Å². The van der Waals surface area contributed by atoms with Crippen molar-refractivity contribution in [2.75, 3.05) is 51.4 Å². The number of fused-ring (bicyclic) bond motifs is 1. The average molecular weight is 698 g/mol. The smallest absolute Gasteiger partial charge is 0.274 e. The number of carbonyl (C=O) groups excluding carboxylic acids is 3. The van der Waals surface area contributed by atoms with Gasteiger partial charge in [0.1, 0.15) is 29.3 Å². The van der Waals surface area contributed by atoms with Gasteiger partial charge in [0, 0.05) is 31.8 Å². The van der Waals surface area contributed by atoms with E-state index in [4.69, 9.17) is 18.6 Å². The summed E-state index contributed by atoms with van der Waals surface area (Å²) in [4.78, 5) is 56.9. The molecule has 15 nitrogen and oxygen atoms in total. The molecule has 0 bridgehead atoms. The normalized spacial score (nSPS) is 10.9. The first-order chi connectivity index (χ1) is 24.8. The first-order valence-corrected chi connectivity index (χ1v) is 16.4. The van der Waals surface area contributed by atoms with Gasteiger partial charge in [0.2, 0.25) is 17.7 Å². The number of ether oxygens (including phenoxy) is 3. The number of oxazole rings is 1. The van der Waals surface area contributed by atoms with E-state index in [1.54, 1.807) is 37.4 Å². The van der Waals surface area contributed by atoms with E-state index in [0.717, 1.165) is 12.8 Å². The van der Waals surface area contributed by atoms with E-state index in [9.17, 15) is 19.2 Å². The van der Waals surface area contributed by atoms with Gasteiger partial charge in [0.25, 0.3) is 11.5 Å². The van der Waals surface area contributed by atoms with Gasteiger partial charge in [-0.15, -0.1) is 0 Å². The van der Waals surface area contributed by atoms with Gasteiger partial charge in [0.05, 0.1) is 39.2 Å². The van der Waals surface area contributed by atoms with Crippen molar-refractivity contribution in [2.45, 2.75) is 19.3 Å². The Hall–Kier alpha value is -5.93. The Morgan fingerprint density at radius 1 is 0.863 bits per heavy atom. The molecule has 3 aromatic heterocycles. The molecule has 3 amide bonds. The van der Waals surface area contributed by atoms with E-state index in [1.807, 2.05) is 30.3 Å². The van der Waals surface area contributed by atoms with Crippen LogP contribution in [0.1, 0.15) is 28.9 Å². The summed E-state index contributed by atoms with van der Waals surface area (Å²) in [5, 5.41) is 12.3. The molecule has 5 aromatic rings. The molecule has 0 saturated heterocycles. The maximum atomic E-state index is 12.8. The number of nitrogens with zero attached hydrogens (tertiary/aromatic N) is 4. The maximum Gasteiger partial charge on any atom is 0.274 e. The monoisotopic (exact) mass is 697 g/mol. The van der Waals surface area contributed by atoms with Crippen molar-refractivity contribution in [2.24, 2.45) is 7.05 Å². The molecule has 0 aliphatic carbocycles. The Balaban J connectivity index is 0.894. The highest BCUT2D eigenvalue weighted by Gasteiger charge is 2.13. The van der Waals surface area contributed by atoms with Crippen LogP contribution in [0.3, 0.4) is 0 Å². The standard InChI is InChI=1S/C36H39N7O8/c1-43-34(46)15-13-29(42-43)36-41-30-22-26(10-14-31(30)51-36)40-35(47)28-12-11-27(23-38-28)50-21-20-49-19-18-48-17-16-37-33(45)24-39-32(44)9-5-8-25-6-3-2-4-7-25/h2-4,6-7,10-15,22-23H,5,8-9,16-21,24H2,1H3,(H,37,45)(H,39,44)(H,40,47). The van der Waals surface area contributed by atoms with Crippen LogP contribution in [-0.2, 0) is 32.5 Å². The number of carbonyl (C=O) groups is 3. The van der Waals surface area contributed by atoms with Crippen LogP contribution in [0.15, 0.2) is 88.2 Å². The molecular weight excluding hydrogens is 658 g/mol. The maximum absolute atomic E-state index is 12.8. The van der Waals surface area contributed by atoms with Crippen molar-refractivity contribution < 1.29 is 33.0 Å². The fraction of sp³-hybridized carbons (Fsp3) is 0.306. The lowest BCUT2D eigenvalue weighted by atomic mass is 10.1. The number of hydrogen-bond donors (Lipinski definition) is 3. The van der Waals surface area contributed by atoms with Crippen molar-refractivity contribution in [3.05, 3.63) is 101 Å². The van der Waals surface area contributed by atoms with Crippen LogP contribution in [0.5, 0.6) is 5.75 Å². The van der Waals surface area contributed by atoms with Gasteiger partial charge in [-0.2, -0.15) is 5.10 Å². The lowest BCUT2D eigenvalue weighted by Gasteiger charge is -2.09. The number of nitrogens with one attached hydrogen (secondary N) is 3. The summed E-state index contributed by atoms with van der Waals surface area (Å²) in [7, 11) is 1.54. The molecule has 3 N–H and O–H groups in total. The first-order valence-electron chi connectivity index (χ1n) is 16.4. The Morgan fingerprint density at radius 3 is 2.45 bits per heavy atom. The van der Waals surface area contributed by atoms with E-state index in [0.29, 0.717) is 67.6 Å². The molecule has 266 valence electrons. The second kappa shape index (κ2) is 18.7. The van der Waals surface area contributed by atoms with E-state index in [-0.39, 0.29) is 42.1 Å². The molecule has 15 heteroatoms. The van der Waals surface area contributed by atoms with Gasteiger partial charge in [-0.3, -0.25) is 19.2 Å². The minimum Gasteiger partial charge on any atom is -0.490 e. The quantitative estimate of drug-likeness (QED) is 0.108. The molecular formula is C36H39N7O8. The Morgan fingerprint density at radius 2 is 1.67 bits per heavy atom. The number of rotatable bonds is 19. The number of aromatic nitrogens is 4. The summed E-state index contributed by atoms with van der Waals surface area (Å²) >= 11 is 0. The molecule has 0 radical (unpaired) electrons. The molecule has 5 rings (SSSR count). The molecule has 0 aliphatic rings. The van der Waals surface area contributed by atoms with Gasteiger partial charge in [-0.05, 0) is 54.8 Å². The molecule has 51 heavy (non-hydrogen) atoms. The van der Waals surface area contributed by atoms with Crippen molar-refractivity contribution in [3.63, 3.8) is 0 Å². The lowest BCUT2D eigenvalue weighted by molar-refractivity contribution is -0.126. The van der Waals surface area contributed by atoms with Gasteiger partial charge >= 0.3 is 0 Å². The predicted molar refractivity (Wildman–Crippen MR) is 187 cm³/mol. The highest BCUT2D eigenvalue weighted by molar-refractivity contribution is 6.03. The highest BCUT2D eigenvalue weighted by atomic mass is 16.5. The molecule has 3 heterocycles. The third-order valence-electron chi connectivity index (χ3n) is 7.39. The molecule has 0 spiro atoms. The predicted octanol–water partition coefficient (Wildman–Crippen LogP) is 2.90. The zero-order chi connectivity index (χ0) is 35.8. The third kappa shape index (κ3) is 11.6. The van der Waals surface area contributed by atoms with Gasteiger partial charge in [0.15, 0.2) is 5.58 Å². The van der Waals surface area contributed by atoms with Crippen LogP contribution < -0.4 is 26.2 Å². The van der Waals surface area contributed by atoms with Crippen LogP contribution in [0.25, 0.3) is 22.7 Å². The van der Waals surface area contributed by atoms with Gasteiger partial charge < -0.3 is 34.6 Å². The Labute approximate surface area is 293 Å². The Kier molecular flexibility index (Phi) is 13.3. The number of anilines is 1. The Bertz CT molecular complexity index is 1960. The van der Waals surface area contributed by atoms with E-state index >= 15 is 0 Å². The summed E-state index contributed by atoms with van der Waals surface area (Å²) in [5.74, 6) is -0.102. The van der Waals surface area contributed by atoms with Crippen LogP contribution >= 0.6 is 0 Å². The zero-order valence-electron chi connectivity index (χ0n) is 28.1. The molecule has 2 aromatic carbocycles. The number of pyridine rings is 1. The fourth-order valence-corrected chi connectivity index (χ4v) is 4.76. The number of benzene rings is 2. The minimum atomic E-state index is -0.413. The molecule has 0 unspecified atom stereocenters. The van der Waals surface area contributed by atoms with Crippen LogP contribution in [0, 0.1) is 0 Å². The summed E-state index contributed by atoms with van der Waals surface area (Å²) in [5.41, 5.74) is 3.05. The average Bonchev–Trinajstić information content (AvgIpc) is 3.57. The fourth-order valence-electron chi connectivity index (χ4n) is 4.76. The second-order valence-corrected chi connectivity index (χ2v) is 11.3. The molecule has 0 saturated carbocycles. The number of aryl methyl sites for hydroxylation is 2. The number of hydrogen-bond acceptors (Lipinski definition) is 11. The van der Waals surface area contributed by atoms with Crippen LogP contribution in [-0.4, -0.2) is 83.6 Å². The summed E-state index contributed by atoms with van der Waals surface area (Å²) < 4.78 is 23.5. The van der Waals surface area contributed by atoms with Crippen LogP contribution in [0.2, 0.25) is 0 Å². The van der Waals surface area contributed by atoms with Gasteiger partial charge in [-0.25, -0.2) is 14.6 Å². The minimum absolute atomic E-state index is 0.0678. The highest BCUT2D eigenvalue weighted by Crippen LogP contribution is 2.25. The topological polar surface area (TPSA) is 189 Å². The summed E-state index contributed by atoms with van der Waals surface area (Å²) in [6, 6.07) is 21.1. The van der Waals surface area contributed by atoms with E-state index in [2.05, 4.69) is 31.0 Å². The first kappa shape index (κ1) is 36.4. The SMILES string of the molecule is Cn1nc(-c2nc3cc(NC(=O)c4ccc(OCCOCCOCCNC(=O)CNC(=O)CCCc5ccccc5)cn4)ccc3o2)ccc1=O. The largest absolute Gasteiger partial charge is 0.490 e. The lowest BCUT2D eigenvalue weighted by Crippen LogP contribution is -2.38. The summed E-state index contributed by atoms with van der Waals surface area (Å²) in [6.45, 7) is 1.85. The number of amides is 3. The van der Waals surface area contributed by atoms with Crippen molar-refractivity contribution in [3.8, 4) is 17.3 Å². The molecule has 0 atom stereocenters. The summed E-state index contributed by atoms with van der Waals surface area (Å²) in [6.07, 6.45) is 3.36. The van der Waals surface area contributed by atoms with Gasteiger partial charge in [-0.1, -0.05) is 30.3 Å². The third-order valence-corrected chi connectivity index (χ3v) is 7.39. The second-order valence-electron chi connectivity index (χ2n) is 11.3. The molecule has 0 aliphatic heterocycles. The van der Waals surface area contributed by atoms with E-state index in [1.165, 1.54) is 28.6 Å². The van der Waals surface area contributed by atoms with Crippen molar-refractivity contribution in [1.29, 1.82) is 0 Å². The molecule has 0 fully saturated rings. The zero-order valence-corrected chi connectivity index (χ0v) is 28.1. The van der Waals surface area contributed by atoms with Crippen molar-refractivity contribution in [1.82, 2.24) is 30.4 Å². The van der Waals surface area contributed by atoms with E-state index < -0.39 is 5.91 Å².